The third-order valence-electron chi connectivity index (χ3n) is 5.55. The van der Waals surface area contributed by atoms with Crippen molar-refractivity contribution in [2.24, 2.45) is 22.7 Å². The van der Waals surface area contributed by atoms with Crippen LogP contribution < -0.4 is 10.7 Å². The lowest BCUT2D eigenvalue weighted by molar-refractivity contribution is -0.123. The third-order valence-corrected chi connectivity index (χ3v) is 6.37. The Hall–Kier alpha value is -3.83. The first-order valence-corrected chi connectivity index (χ1v) is 10.9. The van der Waals surface area contributed by atoms with Crippen LogP contribution in [-0.4, -0.2) is 22.5 Å². The van der Waals surface area contributed by atoms with Crippen LogP contribution in [0.5, 0.6) is 0 Å². The number of thiazole rings is 1. The Morgan fingerprint density at radius 3 is 2.47 bits per heavy atom. The average Bonchev–Trinajstić information content (AvgIpc) is 3.38. The van der Waals surface area contributed by atoms with Crippen LogP contribution in [-0.2, 0) is 9.59 Å². The fourth-order valence-electron chi connectivity index (χ4n) is 3.92. The number of hydrogen-bond acceptors (Lipinski definition) is 6. The van der Waals surface area contributed by atoms with E-state index in [-0.39, 0.29) is 5.91 Å². The fraction of sp³-hybridized carbons (Fsp3) is 0.208. The molecule has 8 heteroatoms. The second kappa shape index (κ2) is 8.73. The molecule has 0 saturated carbocycles. The Morgan fingerprint density at radius 1 is 1.16 bits per heavy atom. The molecule has 0 bridgehead atoms. The van der Waals surface area contributed by atoms with Gasteiger partial charge in [-0.1, -0.05) is 60.2 Å². The van der Waals surface area contributed by atoms with Gasteiger partial charge in [0.2, 0.25) is 11.0 Å². The molecule has 2 N–H and O–H groups in total. The first kappa shape index (κ1) is 21.4. The van der Waals surface area contributed by atoms with Crippen molar-refractivity contribution in [3.63, 3.8) is 0 Å². The smallest absolute Gasteiger partial charge is 0.259 e. The Bertz CT molecular complexity index is 1230. The molecule has 3 atom stereocenters. The highest BCUT2D eigenvalue weighted by Gasteiger charge is 2.46. The Kier molecular flexibility index (Phi) is 5.84. The van der Waals surface area contributed by atoms with Crippen LogP contribution in [0, 0.1) is 30.1 Å². The number of aryl methyl sites for hydroxylation is 1. The number of amides is 2. The van der Waals surface area contributed by atoms with Crippen molar-refractivity contribution in [2.45, 2.75) is 19.8 Å². The van der Waals surface area contributed by atoms with Gasteiger partial charge in [-0.05, 0) is 19.4 Å². The molecule has 0 radical (unpaired) electrons. The topological polar surface area (TPSA) is 112 Å². The quantitative estimate of drug-likeness (QED) is 0.623. The molecule has 0 saturated heterocycles. The number of anilines is 1. The predicted molar refractivity (Wildman–Crippen MR) is 124 cm³/mol. The van der Waals surface area contributed by atoms with Crippen molar-refractivity contribution >= 4 is 34.0 Å². The van der Waals surface area contributed by atoms with Crippen LogP contribution in [0.3, 0.4) is 0 Å². The molecule has 0 unspecified atom stereocenters. The van der Waals surface area contributed by atoms with Gasteiger partial charge in [-0.25, -0.2) is 4.98 Å². The number of nitrogens with two attached hydrogens (primary N) is 1. The summed E-state index contributed by atoms with van der Waals surface area (Å²) in [4.78, 5) is 30.2. The molecule has 7 nitrogen and oxygen atoms in total. The van der Waals surface area contributed by atoms with Crippen LogP contribution >= 0.6 is 11.3 Å². The van der Waals surface area contributed by atoms with E-state index in [0.29, 0.717) is 16.4 Å². The van der Waals surface area contributed by atoms with E-state index in [0.717, 1.165) is 16.8 Å². The van der Waals surface area contributed by atoms with Gasteiger partial charge in [-0.2, -0.15) is 15.4 Å². The van der Waals surface area contributed by atoms with Gasteiger partial charge in [-0.3, -0.25) is 9.59 Å². The molecule has 160 valence electrons. The van der Waals surface area contributed by atoms with Crippen molar-refractivity contribution < 1.29 is 9.59 Å². The molecule has 0 spiro atoms. The van der Waals surface area contributed by atoms with Gasteiger partial charge in [0.05, 0.1) is 17.7 Å². The largest absolute Gasteiger partial charge is 0.369 e. The molecule has 3 aromatic rings. The number of carbonyl (C=O) groups is 2. The number of nitrogens with zero attached hydrogens (tertiary/aromatic N) is 4. The molecule has 2 amide bonds. The van der Waals surface area contributed by atoms with Crippen molar-refractivity contribution in [1.82, 2.24) is 4.98 Å². The van der Waals surface area contributed by atoms with E-state index in [1.54, 1.807) is 31.2 Å². The summed E-state index contributed by atoms with van der Waals surface area (Å²) in [7, 11) is 0. The maximum Gasteiger partial charge on any atom is 0.259 e. The SMILES string of the molecule is CC1=NN(c2nc(-c3ccc(C)cc3)cs2)C(=O)[C@H]1[C@H](c1ccccc1)[C@@H](C#N)C(N)=O. The molecule has 0 aliphatic carbocycles. The summed E-state index contributed by atoms with van der Waals surface area (Å²) in [6.45, 7) is 3.74. The van der Waals surface area contributed by atoms with Crippen LogP contribution in [0.15, 0.2) is 65.1 Å². The Labute approximate surface area is 189 Å². The molecule has 1 aliphatic rings. The normalized spacial score (nSPS) is 17.5. The number of aromatic nitrogens is 1. The maximum absolute atomic E-state index is 13.5. The fourth-order valence-corrected chi connectivity index (χ4v) is 4.71. The second-order valence-electron chi connectivity index (χ2n) is 7.70. The zero-order chi connectivity index (χ0) is 22.8. The summed E-state index contributed by atoms with van der Waals surface area (Å²) in [5, 5.41) is 17.7. The summed E-state index contributed by atoms with van der Waals surface area (Å²) < 4.78 is 0. The number of benzene rings is 2. The van der Waals surface area contributed by atoms with Gasteiger partial charge in [0.1, 0.15) is 5.92 Å². The highest BCUT2D eigenvalue weighted by atomic mass is 32.1. The molecule has 1 aliphatic heterocycles. The van der Waals surface area contributed by atoms with E-state index >= 15 is 0 Å². The third kappa shape index (κ3) is 3.90. The van der Waals surface area contributed by atoms with E-state index in [4.69, 9.17) is 5.73 Å². The summed E-state index contributed by atoms with van der Waals surface area (Å²) >= 11 is 1.31. The van der Waals surface area contributed by atoms with Gasteiger partial charge in [-0.15, -0.1) is 11.3 Å². The predicted octanol–water partition coefficient (Wildman–Crippen LogP) is 3.87. The zero-order valence-corrected chi connectivity index (χ0v) is 18.4. The first-order valence-electron chi connectivity index (χ1n) is 10.1. The monoisotopic (exact) mass is 443 g/mol. The number of hydrazone groups is 1. The molecule has 32 heavy (non-hydrogen) atoms. The molecule has 2 heterocycles. The molecule has 2 aromatic carbocycles. The summed E-state index contributed by atoms with van der Waals surface area (Å²) in [6, 6.07) is 19.0. The van der Waals surface area contributed by atoms with Gasteiger partial charge < -0.3 is 5.73 Å². The number of hydrogen-bond donors (Lipinski definition) is 1. The van der Waals surface area contributed by atoms with Crippen molar-refractivity contribution in [3.8, 4) is 17.3 Å². The summed E-state index contributed by atoms with van der Waals surface area (Å²) in [6.07, 6.45) is 0. The van der Waals surface area contributed by atoms with E-state index in [1.165, 1.54) is 16.3 Å². The lowest BCUT2D eigenvalue weighted by Crippen LogP contribution is -2.38. The lowest BCUT2D eigenvalue weighted by Gasteiger charge is -2.25. The van der Waals surface area contributed by atoms with Crippen molar-refractivity contribution in [3.05, 3.63) is 71.1 Å². The number of primary amides is 1. The number of carbonyl (C=O) groups excluding carboxylic acids is 2. The van der Waals surface area contributed by atoms with Gasteiger partial charge in [0, 0.05) is 22.6 Å². The van der Waals surface area contributed by atoms with Crippen LogP contribution in [0.25, 0.3) is 11.3 Å². The summed E-state index contributed by atoms with van der Waals surface area (Å²) in [5.41, 5.74) is 9.58. The highest BCUT2D eigenvalue weighted by molar-refractivity contribution is 7.14. The van der Waals surface area contributed by atoms with E-state index < -0.39 is 23.7 Å². The minimum Gasteiger partial charge on any atom is -0.369 e. The average molecular weight is 444 g/mol. The van der Waals surface area contributed by atoms with Gasteiger partial charge in [0.25, 0.3) is 5.91 Å². The Morgan fingerprint density at radius 2 is 1.84 bits per heavy atom. The highest BCUT2D eigenvalue weighted by Crippen LogP contribution is 2.39. The van der Waals surface area contributed by atoms with E-state index in [9.17, 15) is 14.9 Å². The van der Waals surface area contributed by atoms with Gasteiger partial charge in [0.15, 0.2) is 0 Å². The van der Waals surface area contributed by atoms with Crippen molar-refractivity contribution in [2.75, 3.05) is 5.01 Å². The summed E-state index contributed by atoms with van der Waals surface area (Å²) in [5.74, 6) is -3.80. The van der Waals surface area contributed by atoms with Gasteiger partial charge >= 0.3 is 0 Å². The van der Waals surface area contributed by atoms with E-state index in [2.05, 4.69) is 10.1 Å². The molecule has 0 fully saturated rings. The van der Waals surface area contributed by atoms with Crippen LogP contribution in [0.4, 0.5) is 5.13 Å². The molecule has 1 aromatic heterocycles. The standard InChI is InChI=1S/C24H21N5O2S/c1-14-8-10-16(11-9-14)19-13-32-24(27-19)29-23(31)20(15(2)28-29)21(18(12-25)22(26)30)17-6-4-3-5-7-17/h3-11,13,18,20-21H,1-2H3,(H2,26,30)/t18-,20-,21-/m1/s1. The van der Waals surface area contributed by atoms with Crippen LogP contribution in [0.1, 0.15) is 24.0 Å². The molecular formula is C24H21N5O2S. The maximum atomic E-state index is 13.5. The number of rotatable bonds is 6. The lowest BCUT2D eigenvalue weighted by atomic mass is 9.75. The second-order valence-corrected chi connectivity index (χ2v) is 8.53. The van der Waals surface area contributed by atoms with Crippen molar-refractivity contribution in [1.29, 1.82) is 5.26 Å². The number of nitriles is 1. The molecular weight excluding hydrogens is 422 g/mol. The molecule has 4 rings (SSSR count). The zero-order valence-electron chi connectivity index (χ0n) is 17.6. The van der Waals surface area contributed by atoms with Crippen LogP contribution in [0.2, 0.25) is 0 Å². The minimum atomic E-state index is -1.17. The Balaban J connectivity index is 1.69. The minimum absolute atomic E-state index is 0.331. The van der Waals surface area contributed by atoms with E-state index in [1.807, 2.05) is 48.7 Å². The first-order chi connectivity index (χ1) is 15.4.